The summed E-state index contributed by atoms with van der Waals surface area (Å²) in [5, 5.41) is 2.89. The molecular formula is C20H32ClN3O3. The molecule has 1 atom stereocenters. The van der Waals surface area contributed by atoms with Gasteiger partial charge in [0.1, 0.15) is 5.75 Å². The van der Waals surface area contributed by atoms with Crippen molar-refractivity contribution in [2.24, 2.45) is 5.73 Å². The summed E-state index contributed by atoms with van der Waals surface area (Å²) in [6.07, 6.45) is 3.69. The van der Waals surface area contributed by atoms with Gasteiger partial charge < -0.3 is 20.7 Å². The highest BCUT2D eigenvalue weighted by Crippen LogP contribution is 2.19. The molecule has 2 rings (SSSR count). The van der Waals surface area contributed by atoms with Gasteiger partial charge in [0, 0.05) is 32.1 Å². The van der Waals surface area contributed by atoms with Gasteiger partial charge in [-0.3, -0.25) is 9.59 Å². The topological polar surface area (TPSA) is 84.7 Å². The van der Waals surface area contributed by atoms with Gasteiger partial charge in [0.15, 0.2) is 0 Å². The van der Waals surface area contributed by atoms with Crippen LogP contribution in [0.5, 0.6) is 5.75 Å². The molecule has 1 aromatic carbocycles. The fraction of sp³-hybridized carbons (Fsp3) is 0.600. The summed E-state index contributed by atoms with van der Waals surface area (Å²) < 4.78 is 5.74. The molecule has 0 radical (unpaired) electrons. The summed E-state index contributed by atoms with van der Waals surface area (Å²) in [6, 6.07) is 6.02. The molecule has 6 nitrogen and oxygen atoms in total. The summed E-state index contributed by atoms with van der Waals surface area (Å²) in [7, 11) is 0. The number of hydrogen-bond donors (Lipinski definition) is 2. The number of aryl methyl sites for hydroxylation is 2. The number of benzene rings is 1. The molecule has 27 heavy (non-hydrogen) atoms. The summed E-state index contributed by atoms with van der Waals surface area (Å²) in [5.41, 5.74) is 7.80. The van der Waals surface area contributed by atoms with Crippen molar-refractivity contribution >= 4 is 24.2 Å². The largest absolute Gasteiger partial charge is 0.493 e. The van der Waals surface area contributed by atoms with Crippen molar-refractivity contribution < 1.29 is 14.3 Å². The molecule has 0 bridgehead atoms. The Morgan fingerprint density at radius 2 is 2.00 bits per heavy atom. The summed E-state index contributed by atoms with van der Waals surface area (Å²) in [5.74, 6) is 0.834. The Labute approximate surface area is 168 Å². The predicted molar refractivity (Wildman–Crippen MR) is 109 cm³/mol. The number of nitrogens with two attached hydrogens (primary N) is 1. The Hall–Kier alpha value is -1.79. The lowest BCUT2D eigenvalue weighted by atomic mass is 10.0. The van der Waals surface area contributed by atoms with Crippen LogP contribution in [0.4, 0.5) is 0 Å². The quantitative estimate of drug-likeness (QED) is 0.705. The minimum absolute atomic E-state index is 0. The Morgan fingerprint density at radius 1 is 1.22 bits per heavy atom. The Bertz CT molecular complexity index is 624. The van der Waals surface area contributed by atoms with Crippen LogP contribution >= 0.6 is 12.4 Å². The first-order valence-electron chi connectivity index (χ1n) is 9.47. The van der Waals surface area contributed by atoms with Gasteiger partial charge in [-0.2, -0.15) is 0 Å². The Balaban J connectivity index is 0.00000364. The standard InChI is InChI=1S/C20H31N3O3.ClH/c1-15-6-7-18(13-16(15)2)26-12-9-20(25)23-11-4-3-5-17(23)14-22-19(24)8-10-21;/h6-7,13,17H,3-5,8-12,14,21H2,1-2H3,(H,22,24);1H. The van der Waals surface area contributed by atoms with Crippen LogP contribution in [0.25, 0.3) is 0 Å². The maximum atomic E-state index is 12.6. The van der Waals surface area contributed by atoms with Gasteiger partial charge in [-0.05, 0) is 56.4 Å². The highest BCUT2D eigenvalue weighted by atomic mass is 35.5. The van der Waals surface area contributed by atoms with Gasteiger partial charge in [0.2, 0.25) is 11.8 Å². The molecule has 0 spiro atoms. The zero-order chi connectivity index (χ0) is 18.9. The summed E-state index contributed by atoms with van der Waals surface area (Å²) in [4.78, 5) is 26.1. The molecular weight excluding hydrogens is 366 g/mol. The normalized spacial score (nSPS) is 16.4. The molecule has 3 N–H and O–H groups in total. The SMILES string of the molecule is Cc1ccc(OCCC(=O)N2CCCCC2CNC(=O)CCN)cc1C.Cl. The minimum atomic E-state index is -0.0523. The van der Waals surface area contributed by atoms with Crippen molar-refractivity contribution in [3.05, 3.63) is 29.3 Å². The monoisotopic (exact) mass is 397 g/mol. The smallest absolute Gasteiger partial charge is 0.226 e. The van der Waals surface area contributed by atoms with E-state index in [0.29, 0.717) is 32.5 Å². The average Bonchev–Trinajstić information content (AvgIpc) is 2.63. The lowest BCUT2D eigenvalue weighted by Crippen LogP contribution is -2.49. The number of rotatable bonds is 8. The van der Waals surface area contributed by atoms with Crippen molar-refractivity contribution in [1.29, 1.82) is 0 Å². The number of carbonyl (C=O) groups excluding carboxylic acids is 2. The van der Waals surface area contributed by atoms with E-state index in [1.54, 1.807) is 0 Å². The van der Waals surface area contributed by atoms with E-state index < -0.39 is 0 Å². The van der Waals surface area contributed by atoms with Crippen molar-refractivity contribution in [3.8, 4) is 5.75 Å². The van der Waals surface area contributed by atoms with E-state index in [2.05, 4.69) is 12.2 Å². The highest BCUT2D eigenvalue weighted by Gasteiger charge is 2.26. The average molecular weight is 398 g/mol. The molecule has 1 heterocycles. The van der Waals surface area contributed by atoms with Crippen molar-refractivity contribution in [2.45, 2.75) is 52.0 Å². The van der Waals surface area contributed by atoms with E-state index in [9.17, 15) is 9.59 Å². The number of nitrogens with one attached hydrogen (secondary N) is 1. The first-order valence-corrected chi connectivity index (χ1v) is 9.47. The third kappa shape index (κ3) is 7.39. The predicted octanol–water partition coefficient (Wildman–Crippen LogP) is 2.34. The number of ether oxygens (including phenoxy) is 1. The molecule has 152 valence electrons. The third-order valence-electron chi connectivity index (χ3n) is 4.92. The molecule has 0 saturated carbocycles. The molecule has 0 aromatic heterocycles. The van der Waals surface area contributed by atoms with E-state index >= 15 is 0 Å². The van der Waals surface area contributed by atoms with Gasteiger partial charge in [0.25, 0.3) is 0 Å². The van der Waals surface area contributed by atoms with Crippen LogP contribution in [0.15, 0.2) is 18.2 Å². The zero-order valence-corrected chi connectivity index (χ0v) is 17.1. The number of hydrogen-bond acceptors (Lipinski definition) is 4. The van der Waals surface area contributed by atoms with Crippen molar-refractivity contribution in [2.75, 3.05) is 26.2 Å². The van der Waals surface area contributed by atoms with Gasteiger partial charge in [-0.1, -0.05) is 6.07 Å². The van der Waals surface area contributed by atoms with E-state index in [1.807, 2.05) is 30.0 Å². The van der Waals surface area contributed by atoms with Crippen molar-refractivity contribution in [1.82, 2.24) is 10.2 Å². The molecule has 0 aliphatic carbocycles. The molecule has 1 fully saturated rings. The number of nitrogens with zero attached hydrogens (tertiary/aromatic N) is 1. The van der Waals surface area contributed by atoms with Crippen LogP contribution in [0, 0.1) is 13.8 Å². The van der Waals surface area contributed by atoms with Crippen LogP contribution < -0.4 is 15.8 Å². The molecule has 2 amide bonds. The second-order valence-corrected chi connectivity index (χ2v) is 6.92. The highest BCUT2D eigenvalue weighted by molar-refractivity contribution is 5.85. The van der Waals surface area contributed by atoms with Crippen LogP contribution in [-0.2, 0) is 9.59 Å². The maximum Gasteiger partial charge on any atom is 0.226 e. The fourth-order valence-corrected chi connectivity index (χ4v) is 3.20. The summed E-state index contributed by atoms with van der Waals surface area (Å²) in [6.45, 7) is 6.07. The van der Waals surface area contributed by atoms with Gasteiger partial charge >= 0.3 is 0 Å². The van der Waals surface area contributed by atoms with Gasteiger partial charge in [-0.25, -0.2) is 0 Å². The van der Waals surface area contributed by atoms with Crippen LogP contribution in [0.1, 0.15) is 43.2 Å². The molecule has 1 aliphatic rings. The maximum absolute atomic E-state index is 12.6. The zero-order valence-electron chi connectivity index (χ0n) is 16.3. The second-order valence-electron chi connectivity index (χ2n) is 6.92. The number of piperidine rings is 1. The van der Waals surface area contributed by atoms with Crippen LogP contribution in [0.2, 0.25) is 0 Å². The fourth-order valence-electron chi connectivity index (χ4n) is 3.20. The van der Waals surface area contributed by atoms with Crippen LogP contribution in [-0.4, -0.2) is 49.0 Å². The Morgan fingerprint density at radius 3 is 2.70 bits per heavy atom. The van der Waals surface area contributed by atoms with E-state index in [1.165, 1.54) is 11.1 Å². The first kappa shape index (κ1) is 23.2. The number of halogens is 1. The molecule has 1 aliphatic heterocycles. The number of amides is 2. The molecule has 1 saturated heterocycles. The lowest BCUT2D eigenvalue weighted by molar-refractivity contribution is -0.136. The lowest BCUT2D eigenvalue weighted by Gasteiger charge is -2.36. The van der Waals surface area contributed by atoms with Crippen molar-refractivity contribution in [3.63, 3.8) is 0 Å². The number of likely N-dealkylation sites (tertiary alicyclic amines) is 1. The van der Waals surface area contributed by atoms with Gasteiger partial charge in [0.05, 0.1) is 13.0 Å². The molecule has 1 unspecified atom stereocenters. The van der Waals surface area contributed by atoms with E-state index in [0.717, 1.165) is 31.6 Å². The third-order valence-corrected chi connectivity index (χ3v) is 4.92. The Kier molecular flexibility index (Phi) is 10.2. The number of carbonyl (C=O) groups is 2. The summed E-state index contributed by atoms with van der Waals surface area (Å²) >= 11 is 0. The first-order chi connectivity index (χ1) is 12.5. The van der Waals surface area contributed by atoms with Gasteiger partial charge in [-0.15, -0.1) is 12.4 Å². The minimum Gasteiger partial charge on any atom is -0.493 e. The molecule has 1 aromatic rings. The van der Waals surface area contributed by atoms with Crippen LogP contribution in [0.3, 0.4) is 0 Å². The second kappa shape index (κ2) is 11.8. The molecule has 7 heteroatoms. The van der Waals surface area contributed by atoms with E-state index in [4.69, 9.17) is 10.5 Å². The van der Waals surface area contributed by atoms with E-state index in [-0.39, 0.29) is 30.3 Å².